The lowest BCUT2D eigenvalue weighted by Crippen LogP contribution is -2.47. The number of amides is 3. The number of carbonyl (C=O) groups excluding carboxylic acids is 3. The smallest absolute Gasteiger partial charge is 0.422 e. The van der Waals surface area contributed by atoms with Crippen LogP contribution in [0.1, 0.15) is 54.9 Å². The fourth-order valence-electron chi connectivity index (χ4n) is 5.00. The normalized spacial score (nSPS) is 15.9. The van der Waals surface area contributed by atoms with Crippen LogP contribution in [0.3, 0.4) is 0 Å². The Labute approximate surface area is 288 Å². The van der Waals surface area contributed by atoms with Crippen molar-refractivity contribution in [2.75, 3.05) is 23.8 Å². The minimum absolute atomic E-state index is 0.0347. The van der Waals surface area contributed by atoms with Crippen LogP contribution in [0.5, 0.6) is 6.01 Å². The highest BCUT2D eigenvalue weighted by atomic mass is 35.5. The number of hydrogen-bond donors (Lipinski definition) is 6. The van der Waals surface area contributed by atoms with Crippen molar-refractivity contribution in [3.8, 4) is 6.01 Å². The van der Waals surface area contributed by atoms with E-state index in [0.29, 0.717) is 29.5 Å². The Hall–Kier alpha value is -5.19. The van der Waals surface area contributed by atoms with Crippen molar-refractivity contribution in [3.63, 3.8) is 0 Å². The van der Waals surface area contributed by atoms with Crippen molar-refractivity contribution in [2.24, 2.45) is 5.92 Å². The number of nitrogens with zero attached hydrogens (tertiary/aromatic N) is 3. The number of anilines is 3. The third-order valence-corrected chi connectivity index (χ3v) is 8.35. The molecule has 0 bridgehead atoms. The zero-order valence-electron chi connectivity index (χ0n) is 26.6. The third-order valence-electron chi connectivity index (χ3n) is 8.10. The zero-order valence-corrected chi connectivity index (χ0v) is 27.4. The van der Waals surface area contributed by atoms with Gasteiger partial charge in [-0.2, -0.15) is 28.1 Å². The van der Waals surface area contributed by atoms with Gasteiger partial charge in [0.25, 0.3) is 5.91 Å². The van der Waals surface area contributed by atoms with Gasteiger partial charge < -0.3 is 36.4 Å². The second-order valence-electron chi connectivity index (χ2n) is 12.1. The number of ether oxygens (including phenoxy) is 1. The van der Waals surface area contributed by atoms with Crippen LogP contribution >= 0.6 is 11.6 Å². The molecule has 0 unspecified atom stereocenters. The number of aliphatic carboxylic acids is 1. The van der Waals surface area contributed by atoms with E-state index in [1.54, 1.807) is 12.1 Å². The average molecular weight is 719 g/mol. The van der Waals surface area contributed by atoms with E-state index >= 15 is 0 Å². The Bertz CT molecular complexity index is 1720. The summed E-state index contributed by atoms with van der Waals surface area (Å²) in [5.41, 5.74) is 0.762. The number of carboxylic acid groups (broad SMARTS) is 1. The van der Waals surface area contributed by atoms with E-state index in [1.165, 1.54) is 24.3 Å². The molecule has 5 rings (SSSR count). The molecule has 2 atom stereocenters. The molecule has 6 N–H and O–H groups in total. The number of benzene rings is 2. The predicted octanol–water partition coefficient (Wildman–Crippen LogP) is 3.91. The van der Waals surface area contributed by atoms with Gasteiger partial charge in [0.2, 0.25) is 11.9 Å². The zero-order chi connectivity index (χ0) is 36.1. The molecule has 2 aliphatic rings. The maximum Gasteiger partial charge on any atom is 0.422 e. The first kappa shape index (κ1) is 36.1. The van der Waals surface area contributed by atoms with E-state index in [2.05, 4.69) is 41.5 Å². The topological polar surface area (TPSA) is 197 Å². The lowest BCUT2D eigenvalue weighted by Gasteiger charge is -2.19. The van der Waals surface area contributed by atoms with Crippen LogP contribution in [0, 0.1) is 5.92 Å². The largest absolute Gasteiger partial charge is 0.480 e. The second-order valence-corrected chi connectivity index (χ2v) is 12.5. The van der Waals surface area contributed by atoms with Gasteiger partial charge >= 0.3 is 30.0 Å². The SMILES string of the molecule is C[C@H](NC(=O)C(=O)NCC[C@H](NC(=O)c1ccc(Nc2nc(NC3(c4ccc(Cl)cc4)CC3)nc(OCC(F)(F)F)n2)cc1)C(=O)O)C1CC1. The van der Waals surface area contributed by atoms with Crippen molar-refractivity contribution >= 4 is 52.9 Å². The monoisotopic (exact) mass is 718 g/mol. The molecule has 2 fully saturated rings. The number of nitrogens with one attached hydrogen (secondary N) is 5. The molecule has 1 aromatic heterocycles. The van der Waals surface area contributed by atoms with Crippen LogP contribution in [0.4, 0.5) is 30.8 Å². The van der Waals surface area contributed by atoms with Gasteiger partial charge in [-0.05, 0) is 86.9 Å². The summed E-state index contributed by atoms with van der Waals surface area (Å²) in [7, 11) is 0. The molecule has 266 valence electrons. The molecule has 2 saturated carbocycles. The van der Waals surface area contributed by atoms with E-state index in [1.807, 2.05) is 19.1 Å². The van der Waals surface area contributed by atoms with E-state index in [4.69, 9.17) is 16.3 Å². The van der Waals surface area contributed by atoms with Gasteiger partial charge in [-0.3, -0.25) is 14.4 Å². The minimum Gasteiger partial charge on any atom is -0.480 e. The molecule has 14 nitrogen and oxygen atoms in total. The Balaban J connectivity index is 1.20. The highest BCUT2D eigenvalue weighted by Crippen LogP contribution is 2.48. The first-order valence-electron chi connectivity index (χ1n) is 15.7. The summed E-state index contributed by atoms with van der Waals surface area (Å²) in [6.45, 7) is 0.00658. The Morgan fingerprint density at radius 1 is 0.960 bits per heavy atom. The summed E-state index contributed by atoms with van der Waals surface area (Å²) in [5, 5.41) is 23.5. The summed E-state index contributed by atoms with van der Waals surface area (Å²) >= 11 is 6.01. The number of halogens is 4. The van der Waals surface area contributed by atoms with Crippen molar-refractivity contribution in [3.05, 3.63) is 64.7 Å². The maximum absolute atomic E-state index is 12.9. The highest BCUT2D eigenvalue weighted by Gasteiger charge is 2.45. The van der Waals surface area contributed by atoms with Crippen molar-refractivity contribution in [1.29, 1.82) is 0 Å². The summed E-state index contributed by atoms with van der Waals surface area (Å²) < 4.78 is 43.5. The van der Waals surface area contributed by atoms with Gasteiger partial charge in [-0.25, -0.2) is 4.79 Å². The standard InChI is InChI=1S/C32H34ClF3N8O6/c1-17(18-2-3-18)38-26(47)25(46)37-15-12-23(27(48)49)40-24(45)19-4-10-22(11-5-19)39-28-41-29(43-30(42-28)50-16-32(34,35)36)44-31(13-14-31)20-6-8-21(33)9-7-20/h4-11,17-18,23H,2-3,12-16H2,1H3,(H,37,46)(H,38,47)(H,40,45)(H,48,49)(H2,39,41,42,43,44)/t17-,23-/m0/s1. The molecular weight excluding hydrogens is 685 g/mol. The molecule has 3 aromatic rings. The van der Waals surface area contributed by atoms with Gasteiger partial charge in [0.05, 0.1) is 5.54 Å². The predicted molar refractivity (Wildman–Crippen MR) is 174 cm³/mol. The first-order chi connectivity index (χ1) is 23.7. The van der Waals surface area contributed by atoms with Gasteiger partial charge in [0.1, 0.15) is 6.04 Å². The minimum atomic E-state index is -4.64. The van der Waals surface area contributed by atoms with E-state index < -0.39 is 54.1 Å². The lowest BCUT2D eigenvalue weighted by atomic mass is 10.1. The number of carbonyl (C=O) groups is 4. The van der Waals surface area contributed by atoms with E-state index in [9.17, 15) is 37.5 Å². The van der Waals surface area contributed by atoms with Gasteiger partial charge in [-0.1, -0.05) is 23.7 Å². The Kier molecular flexibility index (Phi) is 10.9. The first-order valence-corrected chi connectivity index (χ1v) is 16.1. The van der Waals surface area contributed by atoms with Crippen LogP contribution in [0.15, 0.2) is 48.5 Å². The average Bonchev–Trinajstić information content (AvgIpc) is 4.00. The third kappa shape index (κ3) is 10.2. The van der Waals surface area contributed by atoms with Crippen molar-refractivity contribution in [1.82, 2.24) is 30.9 Å². The summed E-state index contributed by atoms with van der Waals surface area (Å²) in [6.07, 6.45) is -1.44. The maximum atomic E-state index is 12.9. The number of aromatic nitrogens is 3. The van der Waals surface area contributed by atoms with Gasteiger partial charge in [-0.15, -0.1) is 0 Å². The molecular formula is C32H34ClF3N8O6. The molecule has 0 saturated heterocycles. The Morgan fingerprint density at radius 2 is 1.62 bits per heavy atom. The fourth-order valence-corrected chi connectivity index (χ4v) is 5.13. The molecule has 18 heteroatoms. The van der Waals surface area contributed by atoms with Crippen LogP contribution in [-0.2, 0) is 19.9 Å². The van der Waals surface area contributed by atoms with Gasteiger partial charge in [0.15, 0.2) is 6.61 Å². The van der Waals surface area contributed by atoms with Crippen molar-refractivity contribution < 1.29 is 42.2 Å². The number of alkyl halides is 3. The van der Waals surface area contributed by atoms with Crippen LogP contribution in [-0.4, -0.2) is 75.2 Å². The molecule has 2 aliphatic carbocycles. The van der Waals surface area contributed by atoms with Crippen LogP contribution in [0.25, 0.3) is 0 Å². The quantitative estimate of drug-likeness (QED) is 0.125. The summed E-state index contributed by atoms with van der Waals surface area (Å²) in [5.74, 6) is -3.61. The van der Waals surface area contributed by atoms with E-state index in [0.717, 1.165) is 18.4 Å². The number of hydrogen-bond acceptors (Lipinski definition) is 10. The molecule has 0 spiro atoms. The number of carboxylic acids is 1. The Morgan fingerprint density at radius 3 is 2.22 bits per heavy atom. The molecule has 2 aromatic carbocycles. The molecule has 0 aliphatic heterocycles. The number of rotatable bonds is 15. The summed E-state index contributed by atoms with van der Waals surface area (Å²) in [4.78, 5) is 61.0. The van der Waals surface area contributed by atoms with Gasteiger partial charge in [0, 0.05) is 28.9 Å². The molecule has 3 amide bonds. The van der Waals surface area contributed by atoms with Crippen molar-refractivity contribution in [2.45, 2.75) is 62.8 Å². The second kappa shape index (κ2) is 15.1. The molecule has 0 radical (unpaired) electrons. The molecule has 1 heterocycles. The fraction of sp³-hybridized carbons (Fsp3) is 0.406. The van der Waals surface area contributed by atoms with Crippen LogP contribution in [0.2, 0.25) is 5.02 Å². The molecule has 50 heavy (non-hydrogen) atoms. The highest BCUT2D eigenvalue weighted by molar-refractivity contribution is 6.35. The van der Waals surface area contributed by atoms with Crippen LogP contribution < -0.4 is 31.3 Å². The summed E-state index contributed by atoms with van der Waals surface area (Å²) in [6, 6.07) is 10.7. The lowest BCUT2D eigenvalue weighted by molar-refractivity contribution is -0.154. The van der Waals surface area contributed by atoms with E-state index in [-0.39, 0.29) is 36.5 Å².